The molecule has 0 atom stereocenters. The summed E-state index contributed by atoms with van der Waals surface area (Å²) in [6.45, 7) is 7.41. The molecule has 3 heteroatoms. The van der Waals surface area contributed by atoms with E-state index < -0.39 is 0 Å². The Bertz CT molecular complexity index is 445. The van der Waals surface area contributed by atoms with Gasteiger partial charge < -0.3 is 10.1 Å². The number of hydrogen-bond acceptors (Lipinski definition) is 2. The Kier molecular flexibility index (Phi) is 6.12. The zero-order chi connectivity index (χ0) is 15.3. The predicted octanol–water partition coefficient (Wildman–Crippen LogP) is 5.44. The van der Waals surface area contributed by atoms with Crippen molar-refractivity contribution in [3.8, 4) is 5.75 Å². The fourth-order valence-corrected chi connectivity index (χ4v) is 3.21. The first-order valence-electron chi connectivity index (χ1n) is 8.15. The molecule has 1 N–H and O–H groups in total. The molecule has 0 spiro atoms. The molecule has 0 radical (unpaired) electrons. The molecule has 0 amide bonds. The van der Waals surface area contributed by atoms with Crippen LogP contribution < -0.4 is 10.1 Å². The highest BCUT2D eigenvalue weighted by molar-refractivity contribution is 9.10. The largest absolute Gasteiger partial charge is 0.489 e. The topological polar surface area (TPSA) is 21.3 Å². The van der Waals surface area contributed by atoms with Crippen molar-refractivity contribution in [1.29, 1.82) is 0 Å². The molecule has 0 aromatic heterocycles. The van der Waals surface area contributed by atoms with Crippen molar-refractivity contribution in [2.24, 2.45) is 0 Å². The van der Waals surface area contributed by atoms with Crippen LogP contribution in [0.3, 0.4) is 0 Å². The van der Waals surface area contributed by atoms with Gasteiger partial charge in [-0.3, -0.25) is 0 Å². The monoisotopic (exact) mass is 353 g/mol. The molecular weight excluding hydrogens is 326 g/mol. The third kappa shape index (κ3) is 5.63. The second kappa shape index (κ2) is 7.64. The van der Waals surface area contributed by atoms with E-state index in [1.165, 1.54) is 44.1 Å². The van der Waals surface area contributed by atoms with Gasteiger partial charge in [0.1, 0.15) is 5.75 Å². The fourth-order valence-electron chi connectivity index (χ4n) is 2.71. The Morgan fingerprint density at radius 2 is 1.81 bits per heavy atom. The first-order chi connectivity index (χ1) is 9.96. The van der Waals surface area contributed by atoms with E-state index in [2.05, 4.69) is 60.2 Å². The molecule has 118 valence electrons. The number of ether oxygens (including phenoxy) is 1. The van der Waals surface area contributed by atoms with E-state index in [1.54, 1.807) is 0 Å². The van der Waals surface area contributed by atoms with Crippen LogP contribution in [0.5, 0.6) is 5.75 Å². The molecule has 1 saturated carbocycles. The molecule has 2 rings (SSSR count). The lowest BCUT2D eigenvalue weighted by atomic mass is 10.1. The van der Waals surface area contributed by atoms with E-state index in [-0.39, 0.29) is 5.54 Å². The number of rotatable bonds is 4. The molecular formula is C18H28BrNO. The first-order valence-corrected chi connectivity index (χ1v) is 8.94. The van der Waals surface area contributed by atoms with Crippen molar-refractivity contribution in [3.63, 3.8) is 0 Å². The van der Waals surface area contributed by atoms with Gasteiger partial charge in [-0.25, -0.2) is 0 Å². The second-order valence-corrected chi connectivity index (χ2v) is 7.92. The van der Waals surface area contributed by atoms with E-state index in [4.69, 9.17) is 4.74 Å². The van der Waals surface area contributed by atoms with Crippen molar-refractivity contribution in [2.75, 3.05) is 0 Å². The van der Waals surface area contributed by atoms with Gasteiger partial charge in [0.05, 0.1) is 10.6 Å². The summed E-state index contributed by atoms with van der Waals surface area (Å²) in [6, 6.07) is 6.33. The molecule has 1 fully saturated rings. The van der Waals surface area contributed by atoms with E-state index in [1.807, 2.05) is 0 Å². The van der Waals surface area contributed by atoms with Gasteiger partial charge in [0.2, 0.25) is 0 Å². The summed E-state index contributed by atoms with van der Waals surface area (Å²) in [5.41, 5.74) is 1.35. The first kappa shape index (κ1) is 16.8. The number of halogens is 1. The number of para-hydroxylation sites is 1. The van der Waals surface area contributed by atoms with Gasteiger partial charge in [0.15, 0.2) is 0 Å². The highest BCUT2D eigenvalue weighted by Gasteiger charge is 2.18. The summed E-state index contributed by atoms with van der Waals surface area (Å²) < 4.78 is 7.44. The van der Waals surface area contributed by atoms with E-state index in [0.717, 1.165) is 16.8 Å². The quantitative estimate of drug-likeness (QED) is 0.727. The number of hydrogen-bond donors (Lipinski definition) is 1. The SMILES string of the molecule is CC(C)(C)NCc1cccc(Br)c1OC1CCCCCC1. The van der Waals surface area contributed by atoms with Crippen LogP contribution in [-0.2, 0) is 6.54 Å². The van der Waals surface area contributed by atoms with Crippen LogP contribution in [0.2, 0.25) is 0 Å². The minimum absolute atomic E-state index is 0.113. The molecule has 0 aliphatic heterocycles. The van der Waals surface area contributed by atoms with Gasteiger partial charge in [0.25, 0.3) is 0 Å². The van der Waals surface area contributed by atoms with Crippen LogP contribution in [0.1, 0.15) is 64.9 Å². The van der Waals surface area contributed by atoms with E-state index in [9.17, 15) is 0 Å². The molecule has 1 aliphatic rings. The predicted molar refractivity (Wildman–Crippen MR) is 92.9 cm³/mol. The molecule has 21 heavy (non-hydrogen) atoms. The minimum Gasteiger partial charge on any atom is -0.489 e. The van der Waals surface area contributed by atoms with Crippen molar-refractivity contribution in [2.45, 2.75) is 77.5 Å². The maximum atomic E-state index is 6.38. The summed E-state index contributed by atoms with van der Waals surface area (Å²) in [5.74, 6) is 1.03. The van der Waals surface area contributed by atoms with Gasteiger partial charge in [-0.05, 0) is 68.5 Å². The summed E-state index contributed by atoms with van der Waals surface area (Å²) in [6.07, 6.45) is 8.05. The Morgan fingerprint density at radius 3 is 2.43 bits per heavy atom. The third-order valence-corrected chi connectivity index (χ3v) is 4.57. The molecule has 0 bridgehead atoms. The van der Waals surface area contributed by atoms with E-state index >= 15 is 0 Å². The molecule has 1 aliphatic carbocycles. The van der Waals surface area contributed by atoms with Crippen LogP contribution in [0.15, 0.2) is 22.7 Å². The molecule has 0 heterocycles. The van der Waals surface area contributed by atoms with Crippen molar-refractivity contribution in [3.05, 3.63) is 28.2 Å². The minimum atomic E-state index is 0.113. The van der Waals surface area contributed by atoms with Gasteiger partial charge >= 0.3 is 0 Å². The van der Waals surface area contributed by atoms with Crippen LogP contribution in [0.4, 0.5) is 0 Å². The third-order valence-electron chi connectivity index (χ3n) is 3.94. The molecule has 0 saturated heterocycles. The average Bonchev–Trinajstić information content (AvgIpc) is 2.67. The zero-order valence-electron chi connectivity index (χ0n) is 13.5. The molecule has 2 nitrogen and oxygen atoms in total. The number of benzene rings is 1. The smallest absolute Gasteiger partial charge is 0.138 e. The Balaban J connectivity index is 2.09. The molecule has 1 aromatic rings. The lowest BCUT2D eigenvalue weighted by molar-refractivity contribution is 0.180. The fraction of sp³-hybridized carbons (Fsp3) is 0.667. The van der Waals surface area contributed by atoms with E-state index in [0.29, 0.717) is 6.10 Å². The lowest BCUT2D eigenvalue weighted by Gasteiger charge is -2.24. The maximum absolute atomic E-state index is 6.38. The standard InChI is InChI=1S/C18H28BrNO/c1-18(2,3)20-13-14-9-8-12-16(19)17(14)21-15-10-6-4-5-7-11-15/h8-9,12,15,20H,4-7,10-11,13H2,1-3H3. The molecule has 1 aromatic carbocycles. The highest BCUT2D eigenvalue weighted by Crippen LogP contribution is 2.32. The maximum Gasteiger partial charge on any atom is 0.138 e. The van der Waals surface area contributed by atoms with Gasteiger partial charge in [-0.1, -0.05) is 25.0 Å². The normalized spacial score (nSPS) is 17.5. The Morgan fingerprint density at radius 1 is 1.14 bits per heavy atom. The van der Waals surface area contributed by atoms with Crippen LogP contribution >= 0.6 is 15.9 Å². The average molecular weight is 354 g/mol. The van der Waals surface area contributed by atoms with Gasteiger partial charge in [0, 0.05) is 17.6 Å². The molecule has 0 unspecified atom stereocenters. The van der Waals surface area contributed by atoms with Gasteiger partial charge in [-0.2, -0.15) is 0 Å². The van der Waals surface area contributed by atoms with Crippen LogP contribution in [0.25, 0.3) is 0 Å². The Labute approximate surface area is 137 Å². The van der Waals surface area contributed by atoms with Gasteiger partial charge in [-0.15, -0.1) is 0 Å². The summed E-state index contributed by atoms with van der Waals surface area (Å²) in [7, 11) is 0. The van der Waals surface area contributed by atoms with Crippen LogP contribution in [-0.4, -0.2) is 11.6 Å². The summed E-state index contributed by atoms with van der Waals surface area (Å²) in [5, 5.41) is 3.55. The lowest BCUT2D eigenvalue weighted by Crippen LogP contribution is -2.35. The Hall–Kier alpha value is -0.540. The van der Waals surface area contributed by atoms with Crippen LogP contribution in [0, 0.1) is 0 Å². The van der Waals surface area contributed by atoms with Crippen molar-refractivity contribution in [1.82, 2.24) is 5.32 Å². The second-order valence-electron chi connectivity index (χ2n) is 7.06. The zero-order valence-corrected chi connectivity index (χ0v) is 15.1. The van der Waals surface area contributed by atoms with Crippen molar-refractivity contribution < 1.29 is 4.74 Å². The highest BCUT2D eigenvalue weighted by atomic mass is 79.9. The number of nitrogens with one attached hydrogen (secondary N) is 1. The summed E-state index contributed by atoms with van der Waals surface area (Å²) >= 11 is 3.66. The van der Waals surface area contributed by atoms with Crippen molar-refractivity contribution >= 4 is 15.9 Å². The summed E-state index contributed by atoms with van der Waals surface area (Å²) in [4.78, 5) is 0.